The Bertz CT molecular complexity index is 758. The highest BCUT2D eigenvalue weighted by molar-refractivity contribution is 7.92. The third-order valence-electron chi connectivity index (χ3n) is 2.79. The zero-order chi connectivity index (χ0) is 15.5. The summed E-state index contributed by atoms with van der Waals surface area (Å²) in [5.41, 5.74) is 6.67. The Kier molecular flexibility index (Phi) is 4.13. The van der Waals surface area contributed by atoms with Crippen LogP contribution < -0.4 is 10.5 Å². The summed E-state index contributed by atoms with van der Waals surface area (Å²) in [6, 6.07) is 12.3. The number of hydrogen-bond acceptors (Lipinski definition) is 4. The molecule has 21 heavy (non-hydrogen) atoms. The van der Waals surface area contributed by atoms with Crippen LogP contribution in [0.25, 0.3) is 0 Å². The van der Waals surface area contributed by atoms with E-state index >= 15 is 0 Å². The first kappa shape index (κ1) is 14.9. The number of rotatable bonds is 5. The molecule has 0 aliphatic heterocycles. The molecule has 0 radical (unpaired) electrons. The van der Waals surface area contributed by atoms with Crippen molar-refractivity contribution < 1.29 is 18.3 Å². The number of carbonyl (C=O) groups is 1. The topological polar surface area (TPSA) is 109 Å². The maximum atomic E-state index is 12.1. The minimum Gasteiger partial charge on any atom is -0.481 e. The standard InChI is InChI=1S/C14H14N2O4S/c15-13-9-11(7-6-10(13)8-14(17)18)16-21(19,20)12-4-2-1-3-5-12/h1-7,9,16H,8,15H2,(H,17,18). The lowest BCUT2D eigenvalue weighted by molar-refractivity contribution is -0.136. The molecule has 4 N–H and O–H groups in total. The van der Waals surface area contributed by atoms with Gasteiger partial charge in [-0.25, -0.2) is 8.42 Å². The quantitative estimate of drug-likeness (QED) is 0.728. The van der Waals surface area contributed by atoms with Crippen LogP contribution in [0.3, 0.4) is 0 Å². The lowest BCUT2D eigenvalue weighted by Crippen LogP contribution is -2.13. The Morgan fingerprint density at radius 1 is 1.14 bits per heavy atom. The number of anilines is 2. The van der Waals surface area contributed by atoms with Gasteiger partial charge < -0.3 is 10.8 Å². The van der Waals surface area contributed by atoms with Crippen molar-refractivity contribution in [1.29, 1.82) is 0 Å². The molecule has 0 atom stereocenters. The molecule has 0 aromatic heterocycles. The first-order valence-corrected chi connectivity index (χ1v) is 7.55. The Hall–Kier alpha value is -2.54. The molecular formula is C14H14N2O4S. The molecule has 2 aromatic carbocycles. The number of sulfonamides is 1. The number of carboxylic acid groups (broad SMARTS) is 1. The molecule has 0 spiro atoms. The summed E-state index contributed by atoms with van der Waals surface area (Å²) in [5.74, 6) is -1.00. The number of hydrogen-bond donors (Lipinski definition) is 3. The van der Waals surface area contributed by atoms with Crippen molar-refractivity contribution in [2.24, 2.45) is 0 Å². The second-order valence-electron chi connectivity index (χ2n) is 4.40. The van der Waals surface area contributed by atoms with Crippen LogP contribution >= 0.6 is 0 Å². The summed E-state index contributed by atoms with van der Waals surface area (Å²) >= 11 is 0. The predicted octanol–water partition coefficient (Wildman–Crippen LogP) is 1.70. The van der Waals surface area contributed by atoms with Gasteiger partial charge in [0.2, 0.25) is 0 Å². The molecule has 7 heteroatoms. The van der Waals surface area contributed by atoms with Crippen LogP contribution in [0, 0.1) is 0 Å². The van der Waals surface area contributed by atoms with Crippen LogP contribution in [-0.4, -0.2) is 19.5 Å². The lowest BCUT2D eigenvalue weighted by atomic mass is 10.1. The van der Waals surface area contributed by atoms with Gasteiger partial charge in [0.1, 0.15) is 0 Å². The maximum Gasteiger partial charge on any atom is 0.307 e. The van der Waals surface area contributed by atoms with Gasteiger partial charge in [0.25, 0.3) is 10.0 Å². The van der Waals surface area contributed by atoms with Crippen LogP contribution in [0.2, 0.25) is 0 Å². The SMILES string of the molecule is Nc1cc(NS(=O)(=O)c2ccccc2)ccc1CC(=O)O. The highest BCUT2D eigenvalue weighted by Gasteiger charge is 2.14. The molecule has 0 aliphatic carbocycles. The van der Waals surface area contributed by atoms with E-state index in [0.717, 1.165) is 0 Å². The van der Waals surface area contributed by atoms with Crippen molar-refractivity contribution >= 4 is 27.4 Å². The number of nitrogens with two attached hydrogens (primary N) is 1. The number of nitrogen functional groups attached to an aromatic ring is 1. The molecule has 0 fully saturated rings. The minimum atomic E-state index is -3.69. The van der Waals surface area contributed by atoms with E-state index in [1.807, 2.05) is 0 Å². The van der Waals surface area contributed by atoms with E-state index in [0.29, 0.717) is 5.56 Å². The number of carboxylic acids is 1. The number of aliphatic carboxylic acids is 1. The van der Waals surface area contributed by atoms with Gasteiger partial charge in [0, 0.05) is 5.69 Å². The van der Waals surface area contributed by atoms with Crippen molar-refractivity contribution in [3.05, 3.63) is 54.1 Å². The zero-order valence-corrected chi connectivity index (χ0v) is 11.8. The van der Waals surface area contributed by atoms with Crippen molar-refractivity contribution in [3.8, 4) is 0 Å². The molecule has 110 valence electrons. The molecule has 0 heterocycles. The summed E-state index contributed by atoms with van der Waals surface area (Å²) < 4.78 is 26.7. The summed E-state index contributed by atoms with van der Waals surface area (Å²) in [6.07, 6.45) is -0.211. The highest BCUT2D eigenvalue weighted by atomic mass is 32.2. The summed E-state index contributed by atoms with van der Waals surface area (Å²) in [6.45, 7) is 0. The fraction of sp³-hybridized carbons (Fsp3) is 0.0714. The van der Waals surface area contributed by atoms with E-state index < -0.39 is 16.0 Å². The van der Waals surface area contributed by atoms with E-state index in [1.165, 1.54) is 30.3 Å². The fourth-order valence-corrected chi connectivity index (χ4v) is 2.87. The monoisotopic (exact) mass is 306 g/mol. The minimum absolute atomic E-state index is 0.137. The molecule has 0 amide bonds. The average Bonchev–Trinajstić information content (AvgIpc) is 2.42. The van der Waals surface area contributed by atoms with Gasteiger partial charge in [-0.2, -0.15) is 0 Å². The first-order valence-electron chi connectivity index (χ1n) is 6.06. The van der Waals surface area contributed by atoms with Crippen LogP contribution in [0.5, 0.6) is 0 Å². The van der Waals surface area contributed by atoms with Gasteiger partial charge in [-0.15, -0.1) is 0 Å². The lowest BCUT2D eigenvalue weighted by Gasteiger charge is -2.10. The number of nitrogens with one attached hydrogen (secondary N) is 1. The highest BCUT2D eigenvalue weighted by Crippen LogP contribution is 2.21. The van der Waals surface area contributed by atoms with Crippen LogP contribution in [0.15, 0.2) is 53.4 Å². The summed E-state index contributed by atoms with van der Waals surface area (Å²) in [7, 11) is -3.69. The van der Waals surface area contributed by atoms with E-state index in [9.17, 15) is 13.2 Å². The third kappa shape index (κ3) is 3.73. The molecule has 2 rings (SSSR count). The molecule has 6 nitrogen and oxygen atoms in total. The Balaban J connectivity index is 2.24. The van der Waals surface area contributed by atoms with Gasteiger partial charge in [-0.3, -0.25) is 9.52 Å². The van der Waals surface area contributed by atoms with Gasteiger partial charge in [0.15, 0.2) is 0 Å². The summed E-state index contributed by atoms with van der Waals surface area (Å²) in [4.78, 5) is 10.8. The second kappa shape index (κ2) is 5.84. The molecule has 0 saturated carbocycles. The van der Waals surface area contributed by atoms with Gasteiger partial charge in [-0.05, 0) is 29.8 Å². The predicted molar refractivity (Wildman–Crippen MR) is 79.4 cm³/mol. The Labute approximate surface area is 122 Å². The molecular weight excluding hydrogens is 292 g/mol. The van der Waals surface area contributed by atoms with E-state index in [1.54, 1.807) is 18.2 Å². The van der Waals surface area contributed by atoms with Crippen molar-refractivity contribution in [2.75, 3.05) is 10.5 Å². The van der Waals surface area contributed by atoms with E-state index in [-0.39, 0.29) is 22.7 Å². The number of benzene rings is 2. The molecule has 0 unspecified atom stereocenters. The smallest absolute Gasteiger partial charge is 0.307 e. The van der Waals surface area contributed by atoms with E-state index in [4.69, 9.17) is 10.8 Å². The Morgan fingerprint density at radius 3 is 2.38 bits per heavy atom. The fourth-order valence-electron chi connectivity index (χ4n) is 1.80. The molecule has 0 aliphatic rings. The van der Waals surface area contributed by atoms with Crippen LogP contribution in [0.1, 0.15) is 5.56 Å². The van der Waals surface area contributed by atoms with Crippen LogP contribution in [-0.2, 0) is 21.2 Å². The van der Waals surface area contributed by atoms with E-state index in [2.05, 4.69) is 4.72 Å². The van der Waals surface area contributed by atoms with Gasteiger partial charge in [0.05, 0.1) is 17.0 Å². The Morgan fingerprint density at radius 2 is 1.81 bits per heavy atom. The van der Waals surface area contributed by atoms with Crippen LogP contribution in [0.4, 0.5) is 11.4 Å². The van der Waals surface area contributed by atoms with Gasteiger partial charge in [-0.1, -0.05) is 24.3 Å². The van der Waals surface area contributed by atoms with Gasteiger partial charge >= 0.3 is 5.97 Å². The average molecular weight is 306 g/mol. The molecule has 0 bridgehead atoms. The largest absolute Gasteiger partial charge is 0.481 e. The second-order valence-corrected chi connectivity index (χ2v) is 6.09. The molecule has 2 aromatic rings. The third-order valence-corrected chi connectivity index (χ3v) is 4.19. The summed E-state index contributed by atoms with van der Waals surface area (Å²) in [5, 5.41) is 8.73. The van der Waals surface area contributed by atoms with Crippen molar-refractivity contribution in [1.82, 2.24) is 0 Å². The van der Waals surface area contributed by atoms with Crippen molar-refractivity contribution in [2.45, 2.75) is 11.3 Å². The molecule has 0 saturated heterocycles. The zero-order valence-electron chi connectivity index (χ0n) is 11.0. The maximum absolute atomic E-state index is 12.1. The normalized spacial score (nSPS) is 11.0. The first-order chi connectivity index (χ1) is 9.88. The van der Waals surface area contributed by atoms with Crippen molar-refractivity contribution in [3.63, 3.8) is 0 Å².